The first-order valence-electron chi connectivity index (χ1n) is 8.66. The molecule has 0 saturated carbocycles. The Morgan fingerprint density at radius 1 is 0.964 bits per heavy atom. The Kier molecular flexibility index (Phi) is 6.62. The van der Waals surface area contributed by atoms with Gasteiger partial charge >= 0.3 is 0 Å². The third kappa shape index (κ3) is 5.60. The summed E-state index contributed by atoms with van der Waals surface area (Å²) in [6, 6.07) is 24.0. The Balaban J connectivity index is 1.50. The molecule has 1 N–H and O–H groups in total. The molecule has 0 atom stereocenters. The highest BCUT2D eigenvalue weighted by molar-refractivity contribution is 5.93. The van der Waals surface area contributed by atoms with Crippen molar-refractivity contribution in [3.05, 3.63) is 84.4 Å². The van der Waals surface area contributed by atoms with Gasteiger partial charge in [-0.15, -0.1) is 0 Å². The number of anilines is 1. The highest BCUT2D eigenvalue weighted by Crippen LogP contribution is 2.23. The van der Waals surface area contributed by atoms with Crippen LogP contribution in [0, 0.1) is 0 Å². The number of hydrogen-bond acceptors (Lipinski definition) is 5. The molecule has 0 radical (unpaired) electrons. The number of benzene rings is 3. The fraction of sp³-hybridized carbons (Fsp3) is 0.0909. The van der Waals surface area contributed by atoms with Gasteiger partial charge in [-0.2, -0.15) is 0 Å². The number of amides is 1. The molecular weight excluding hydrogens is 356 g/mol. The molecule has 3 aromatic carbocycles. The summed E-state index contributed by atoms with van der Waals surface area (Å²) in [6.45, 7) is -0.214. The molecule has 0 unspecified atom stereocenters. The number of oxime groups is 1. The van der Waals surface area contributed by atoms with Crippen molar-refractivity contribution in [1.29, 1.82) is 0 Å². The fourth-order valence-electron chi connectivity index (χ4n) is 2.41. The minimum Gasteiger partial charge on any atom is -0.495 e. The molecule has 0 aromatic heterocycles. The van der Waals surface area contributed by atoms with E-state index in [-0.39, 0.29) is 12.5 Å². The van der Waals surface area contributed by atoms with Crippen molar-refractivity contribution in [1.82, 2.24) is 0 Å². The largest absolute Gasteiger partial charge is 0.495 e. The van der Waals surface area contributed by atoms with Gasteiger partial charge in [0.05, 0.1) is 19.0 Å². The first-order valence-corrected chi connectivity index (χ1v) is 8.66. The smallest absolute Gasteiger partial charge is 0.265 e. The molecule has 3 aromatic rings. The van der Waals surface area contributed by atoms with Crippen molar-refractivity contribution in [3.63, 3.8) is 0 Å². The van der Waals surface area contributed by atoms with Gasteiger partial charge in [0.15, 0.2) is 6.61 Å². The van der Waals surface area contributed by atoms with Crippen molar-refractivity contribution < 1.29 is 19.1 Å². The Bertz CT molecular complexity index is 942. The van der Waals surface area contributed by atoms with Gasteiger partial charge in [-0.3, -0.25) is 4.79 Å². The lowest BCUT2D eigenvalue weighted by Crippen LogP contribution is -2.17. The van der Waals surface area contributed by atoms with E-state index < -0.39 is 0 Å². The molecule has 0 aliphatic carbocycles. The maximum Gasteiger partial charge on any atom is 0.265 e. The molecule has 142 valence electrons. The van der Waals surface area contributed by atoms with E-state index in [1.54, 1.807) is 19.2 Å². The zero-order valence-electron chi connectivity index (χ0n) is 15.4. The summed E-state index contributed by atoms with van der Waals surface area (Å²) < 4.78 is 11.0. The monoisotopic (exact) mass is 376 g/mol. The van der Waals surface area contributed by atoms with Gasteiger partial charge in [-0.25, -0.2) is 0 Å². The van der Waals surface area contributed by atoms with E-state index in [4.69, 9.17) is 14.3 Å². The van der Waals surface area contributed by atoms with Crippen LogP contribution in [0.15, 0.2) is 84.0 Å². The molecule has 0 spiro atoms. The average Bonchev–Trinajstić information content (AvgIpc) is 2.73. The van der Waals surface area contributed by atoms with Gasteiger partial charge < -0.3 is 19.6 Å². The SMILES string of the molecule is COc1ccccc1NC(=O)CO/N=C/c1cccc(Oc2ccccc2)c1. The topological polar surface area (TPSA) is 69.2 Å². The van der Waals surface area contributed by atoms with Crippen LogP contribution in [-0.2, 0) is 9.63 Å². The van der Waals surface area contributed by atoms with Crippen LogP contribution in [0.1, 0.15) is 5.56 Å². The number of ether oxygens (including phenoxy) is 2. The zero-order chi connectivity index (χ0) is 19.6. The van der Waals surface area contributed by atoms with Crippen LogP contribution < -0.4 is 14.8 Å². The summed E-state index contributed by atoms with van der Waals surface area (Å²) in [4.78, 5) is 17.0. The highest BCUT2D eigenvalue weighted by atomic mass is 16.6. The summed E-state index contributed by atoms with van der Waals surface area (Å²) in [5.41, 5.74) is 1.37. The molecule has 28 heavy (non-hydrogen) atoms. The van der Waals surface area contributed by atoms with Gasteiger partial charge in [0.1, 0.15) is 17.2 Å². The molecule has 0 aliphatic rings. The number of hydrogen-bond donors (Lipinski definition) is 1. The van der Waals surface area contributed by atoms with E-state index in [1.807, 2.05) is 66.7 Å². The summed E-state index contributed by atoms with van der Waals surface area (Å²) in [5, 5.41) is 6.56. The molecule has 0 bridgehead atoms. The molecular formula is C22H20N2O4. The fourth-order valence-corrected chi connectivity index (χ4v) is 2.41. The second-order valence-corrected chi connectivity index (χ2v) is 5.74. The number of para-hydroxylation sites is 3. The molecule has 6 heteroatoms. The minimum atomic E-state index is -0.331. The Hall–Kier alpha value is -3.80. The lowest BCUT2D eigenvalue weighted by Gasteiger charge is -2.09. The van der Waals surface area contributed by atoms with Crippen molar-refractivity contribution in [3.8, 4) is 17.2 Å². The van der Waals surface area contributed by atoms with E-state index in [0.29, 0.717) is 17.2 Å². The van der Waals surface area contributed by atoms with Gasteiger partial charge in [-0.05, 0) is 42.0 Å². The molecule has 0 aliphatic heterocycles. The molecule has 1 amide bonds. The van der Waals surface area contributed by atoms with E-state index in [9.17, 15) is 4.79 Å². The maximum atomic E-state index is 12.0. The van der Waals surface area contributed by atoms with Crippen LogP contribution in [0.2, 0.25) is 0 Å². The molecule has 0 fully saturated rings. The maximum absolute atomic E-state index is 12.0. The molecule has 3 rings (SSSR count). The zero-order valence-corrected chi connectivity index (χ0v) is 15.4. The Labute approximate surface area is 163 Å². The van der Waals surface area contributed by atoms with Crippen LogP contribution in [-0.4, -0.2) is 25.8 Å². The number of carbonyl (C=O) groups excluding carboxylic acids is 1. The summed E-state index contributed by atoms with van der Waals surface area (Å²) >= 11 is 0. The van der Waals surface area contributed by atoms with Crippen molar-refractivity contribution in [2.45, 2.75) is 0 Å². The van der Waals surface area contributed by atoms with Crippen molar-refractivity contribution >= 4 is 17.8 Å². The van der Waals surface area contributed by atoms with Crippen LogP contribution in [0.3, 0.4) is 0 Å². The molecule has 0 heterocycles. The number of nitrogens with zero attached hydrogens (tertiary/aromatic N) is 1. The number of carbonyl (C=O) groups is 1. The summed E-state index contributed by atoms with van der Waals surface area (Å²) in [6.07, 6.45) is 1.52. The van der Waals surface area contributed by atoms with Crippen molar-refractivity contribution in [2.75, 3.05) is 19.0 Å². The third-order valence-electron chi connectivity index (χ3n) is 3.69. The van der Waals surface area contributed by atoms with Gasteiger partial charge in [-0.1, -0.05) is 47.6 Å². The lowest BCUT2D eigenvalue weighted by molar-refractivity contribution is -0.120. The van der Waals surface area contributed by atoms with E-state index in [0.717, 1.165) is 11.3 Å². The first kappa shape index (κ1) is 19.0. The Morgan fingerprint density at radius 3 is 2.54 bits per heavy atom. The lowest BCUT2D eigenvalue weighted by atomic mass is 10.2. The van der Waals surface area contributed by atoms with Crippen LogP contribution in [0.4, 0.5) is 5.69 Å². The third-order valence-corrected chi connectivity index (χ3v) is 3.69. The highest BCUT2D eigenvalue weighted by Gasteiger charge is 2.07. The van der Waals surface area contributed by atoms with Crippen LogP contribution >= 0.6 is 0 Å². The standard InChI is InChI=1S/C22H20N2O4/c1-26-21-13-6-5-12-20(21)24-22(25)16-27-23-15-17-8-7-11-19(14-17)28-18-9-3-2-4-10-18/h2-15H,16H2,1H3,(H,24,25)/b23-15+. The molecule has 6 nitrogen and oxygen atoms in total. The minimum absolute atomic E-state index is 0.214. The predicted molar refractivity (Wildman–Crippen MR) is 108 cm³/mol. The Morgan fingerprint density at radius 2 is 1.71 bits per heavy atom. The summed E-state index contributed by atoms with van der Waals surface area (Å²) in [7, 11) is 1.54. The van der Waals surface area contributed by atoms with E-state index in [2.05, 4.69) is 10.5 Å². The quantitative estimate of drug-likeness (QED) is 0.465. The summed E-state index contributed by atoms with van der Waals surface area (Å²) in [5.74, 6) is 1.68. The average molecular weight is 376 g/mol. The second kappa shape index (κ2) is 9.78. The number of nitrogens with one attached hydrogen (secondary N) is 1. The normalized spacial score (nSPS) is 10.5. The van der Waals surface area contributed by atoms with E-state index >= 15 is 0 Å². The van der Waals surface area contributed by atoms with Gasteiger partial charge in [0, 0.05) is 0 Å². The molecule has 0 saturated heterocycles. The van der Waals surface area contributed by atoms with Gasteiger partial charge in [0.25, 0.3) is 5.91 Å². The first-order chi connectivity index (χ1) is 13.7. The predicted octanol–water partition coefficient (Wildman–Crippen LogP) is 4.48. The van der Waals surface area contributed by atoms with Gasteiger partial charge in [0.2, 0.25) is 0 Å². The van der Waals surface area contributed by atoms with Crippen LogP contribution in [0.25, 0.3) is 0 Å². The number of methoxy groups -OCH3 is 1. The van der Waals surface area contributed by atoms with Crippen molar-refractivity contribution in [2.24, 2.45) is 5.16 Å². The van der Waals surface area contributed by atoms with Crippen LogP contribution in [0.5, 0.6) is 17.2 Å². The van der Waals surface area contributed by atoms with E-state index in [1.165, 1.54) is 6.21 Å². The number of rotatable bonds is 8. The second-order valence-electron chi connectivity index (χ2n) is 5.74.